The van der Waals surface area contributed by atoms with Gasteiger partial charge in [-0.3, -0.25) is 0 Å². The molecule has 1 N–H and O–H groups in total. The summed E-state index contributed by atoms with van der Waals surface area (Å²) in [6.07, 6.45) is 1.35. The van der Waals surface area contributed by atoms with E-state index in [0.717, 1.165) is 11.3 Å². The summed E-state index contributed by atoms with van der Waals surface area (Å²) in [7, 11) is 0.710. The van der Waals surface area contributed by atoms with Crippen molar-refractivity contribution in [2.24, 2.45) is 0 Å². The van der Waals surface area contributed by atoms with E-state index in [4.69, 9.17) is 23.1 Å². The van der Waals surface area contributed by atoms with Crippen LogP contribution in [0.25, 0.3) is 0 Å². The van der Waals surface area contributed by atoms with Gasteiger partial charge in [-0.1, -0.05) is 61.5 Å². The lowest BCUT2D eigenvalue weighted by Crippen LogP contribution is -2.44. The van der Waals surface area contributed by atoms with Gasteiger partial charge in [0, 0.05) is 0 Å². The van der Waals surface area contributed by atoms with Crippen LogP contribution in [0.4, 0.5) is 0 Å². The molecule has 0 heterocycles. The molecule has 9 heteroatoms. The molecule has 0 fully saturated rings. The van der Waals surface area contributed by atoms with Crippen LogP contribution >= 0.6 is 0 Å². The summed E-state index contributed by atoms with van der Waals surface area (Å²) in [5.41, 5.74) is 0.534. The number of rotatable bonds is 10. The molecule has 0 saturated carbocycles. The number of carbonyl (C=O) groups is 1. The molecule has 2 aromatic carbocycles. The second-order valence-corrected chi connectivity index (χ2v) is 23.1. The molecule has 0 unspecified atom stereocenters. The van der Waals surface area contributed by atoms with Gasteiger partial charge in [-0.15, -0.1) is 0 Å². The van der Waals surface area contributed by atoms with Crippen LogP contribution in [0.5, 0.6) is 23.0 Å². The first-order valence-corrected chi connectivity index (χ1v) is 20.5. The first-order valence-electron chi connectivity index (χ1n) is 14.7. The number of hydrogen-bond donors (Lipinski definition) is 1. The summed E-state index contributed by atoms with van der Waals surface area (Å²) in [6, 6.07) is 10.9. The number of aliphatic hydroxyl groups is 1. The Morgan fingerprint density at radius 2 is 1.10 bits per heavy atom. The van der Waals surface area contributed by atoms with Crippen molar-refractivity contribution in [3.63, 3.8) is 0 Å². The highest BCUT2D eigenvalue weighted by molar-refractivity contribution is 6.75. The van der Waals surface area contributed by atoms with E-state index in [1.54, 1.807) is 32.4 Å². The van der Waals surface area contributed by atoms with Gasteiger partial charge < -0.3 is 28.2 Å². The van der Waals surface area contributed by atoms with Gasteiger partial charge >= 0.3 is 5.97 Å². The van der Waals surface area contributed by atoms with Crippen molar-refractivity contribution in [2.75, 3.05) is 21.3 Å². The fraction of sp³-hybridized carbons (Fsp3) is 0.606. The molecular formula is C33H56O7Si2. The lowest BCUT2D eigenvalue weighted by atomic mass is 9.88. The van der Waals surface area contributed by atoms with Crippen molar-refractivity contribution in [3.05, 3.63) is 47.5 Å². The Kier molecular flexibility index (Phi) is 12.8. The minimum Gasteiger partial charge on any atom is -0.541 e. The lowest BCUT2D eigenvalue weighted by molar-refractivity contribution is 0.0281. The third-order valence-corrected chi connectivity index (χ3v) is 17.5. The zero-order valence-electron chi connectivity index (χ0n) is 28.8. The summed E-state index contributed by atoms with van der Waals surface area (Å²) in [6.45, 7) is 25.9. The third-order valence-electron chi connectivity index (χ3n) is 8.80. The standard InChI is InChI=1S/C18H32O3Si.C15H24O4Si/c1-9-18(19,10-2)14-11-12-15(16(13-14)20-6)21-22(7,8)17(3,4)5;1-15(2,3)20(6,7)19-12-9-8-11(14(16)18-5)10-13(12)17-4/h11-13,19H,9-10H2,1-8H3;8-10H,1-7H3. The van der Waals surface area contributed by atoms with Crippen LogP contribution in [-0.4, -0.2) is 49.0 Å². The van der Waals surface area contributed by atoms with E-state index in [0.29, 0.717) is 35.7 Å². The summed E-state index contributed by atoms with van der Waals surface area (Å²) in [5.74, 6) is 2.31. The van der Waals surface area contributed by atoms with Crippen LogP contribution in [0, 0.1) is 0 Å². The van der Waals surface area contributed by atoms with E-state index >= 15 is 0 Å². The first-order chi connectivity index (χ1) is 19.1. The molecule has 0 saturated heterocycles. The van der Waals surface area contributed by atoms with Crippen LogP contribution in [0.3, 0.4) is 0 Å². The Balaban J connectivity index is 0.000000422. The fourth-order valence-electron chi connectivity index (χ4n) is 3.55. The molecule has 0 aliphatic carbocycles. The summed E-state index contributed by atoms with van der Waals surface area (Å²) < 4.78 is 28.1. The maximum absolute atomic E-state index is 11.5. The molecule has 2 rings (SSSR count). The predicted octanol–water partition coefficient (Wildman–Crippen LogP) is 8.95. The number of esters is 1. The van der Waals surface area contributed by atoms with Crippen molar-refractivity contribution in [1.82, 2.24) is 0 Å². The smallest absolute Gasteiger partial charge is 0.337 e. The predicted molar refractivity (Wildman–Crippen MR) is 177 cm³/mol. The molecule has 7 nitrogen and oxygen atoms in total. The molecule has 0 aromatic heterocycles. The highest BCUT2D eigenvalue weighted by Gasteiger charge is 2.40. The quantitative estimate of drug-likeness (QED) is 0.210. The molecule has 2 aromatic rings. The van der Waals surface area contributed by atoms with Crippen LogP contribution < -0.4 is 18.3 Å². The van der Waals surface area contributed by atoms with E-state index in [-0.39, 0.29) is 16.0 Å². The van der Waals surface area contributed by atoms with E-state index in [9.17, 15) is 9.90 Å². The van der Waals surface area contributed by atoms with E-state index in [2.05, 4.69) is 67.7 Å². The van der Waals surface area contributed by atoms with E-state index in [1.807, 2.05) is 32.0 Å². The van der Waals surface area contributed by atoms with E-state index < -0.39 is 22.2 Å². The number of carbonyl (C=O) groups excluding carboxylic acids is 1. The highest BCUT2D eigenvalue weighted by atomic mass is 28.4. The molecular weight excluding hydrogens is 565 g/mol. The van der Waals surface area contributed by atoms with Crippen LogP contribution in [-0.2, 0) is 10.3 Å². The second kappa shape index (κ2) is 14.3. The largest absolute Gasteiger partial charge is 0.541 e. The van der Waals surface area contributed by atoms with Crippen LogP contribution in [0.15, 0.2) is 36.4 Å². The van der Waals surface area contributed by atoms with Crippen molar-refractivity contribution >= 4 is 22.6 Å². The Hall–Kier alpha value is -2.50. The maximum Gasteiger partial charge on any atom is 0.337 e. The van der Waals surface area contributed by atoms with E-state index in [1.165, 1.54) is 7.11 Å². The summed E-state index contributed by atoms with van der Waals surface area (Å²) >= 11 is 0. The lowest BCUT2D eigenvalue weighted by Gasteiger charge is -2.37. The van der Waals surface area contributed by atoms with Gasteiger partial charge in [0.25, 0.3) is 16.6 Å². The number of benzene rings is 2. The molecule has 238 valence electrons. The molecule has 0 aliphatic heterocycles. The van der Waals surface area contributed by atoms with Gasteiger partial charge in [0.15, 0.2) is 11.5 Å². The summed E-state index contributed by atoms with van der Waals surface area (Å²) in [4.78, 5) is 11.5. The molecule has 0 aliphatic rings. The van der Waals surface area contributed by atoms with Gasteiger partial charge in [0.2, 0.25) is 0 Å². The minimum atomic E-state index is -1.94. The molecule has 0 amide bonds. The summed E-state index contributed by atoms with van der Waals surface area (Å²) in [5, 5.41) is 10.9. The van der Waals surface area contributed by atoms with Crippen molar-refractivity contribution in [3.8, 4) is 23.0 Å². The van der Waals surface area contributed by atoms with Gasteiger partial charge in [-0.2, -0.15) is 0 Å². The molecule has 0 atom stereocenters. The fourth-order valence-corrected chi connectivity index (χ4v) is 5.60. The number of hydrogen-bond acceptors (Lipinski definition) is 7. The number of methoxy groups -OCH3 is 3. The maximum atomic E-state index is 11.5. The average Bonchev–Trinajstić information content (AvgIpc) is 2.91. The normalized spacial score (nSPS) is 12.6. The first kappa shape index (κ1) is 37.5. The molecule has 0 spiro atoms. The minimum absolute atomic E-state index is 0.0963. The average molecular weight is 621 g/mol. The van der Waals surface area contributed by atoms with Gasteiger partial charge in [0.1, 0.15) is 11.5 Å². The Morgan fingerprint density at radius 3 is 1.45 bits per heavy atom. The van der Waals surface area contributed by atoms with Crippen molar-refractivity contribution in [1.29, 1.82) is 0 Å². The second-order valence-electron chi connectivity index (χ2n) is 13.7. The number of ether oxygens (including phenoxy) is 3. The third kappa shape index (κ3) is 9.25. The Bertz CT molecular complexity index is 1170. The monoisotopic (exact) mass is 620 g/mol. The zero-order valence-corrected chi connectivity index (χ0v) is 30.8. The molecule has 0 bridgehead atoms. The zero-order chi connectivity index (χ0) is 32.7. The van der Waals surface area contributed by atoms with Gasteiger partial charge in [-0.25, -0.2) is 4.79 Å². The Labute approximate surface area is 257 Å². The van der Waals surface area contributed by atoms with Crippen LogP contribution in [0.2, 0.25) is 36.3 Å². The molecule has 0 radical (unpaired) electrons. The highest BCUT2D eigenvalue weighted by Crippen LogP contribution is 2.42. The Morgan fingerprint density at radius 1 is 0.690 bits per heavy atom. The van der Waals surface area contributed by atoms with Gasteiger partial charge in [0.05, 0.1) is 32.5 Å². The van der Waals surface area contributed by atoms with Crippen molar-refractivity contribution in [2.45, 2.75) is 110 Å². The van der Waals surface area contributed by atoms with Crippen molar-refractivity contribution < 1.29 is 33.0 Å². The topological polar surface area (TPSA) is 83.5 Å². The van der Waals surface area contributed by atoms with Gasteiger partial charge in [-0.05, 0) is 85.0 Å². The molecule has 42 heavy (non-hydrogen) atoms. The van der Waals surface area contributed by atoms with Crippen LogP contribution in [0.1, 0.15) is 84.2 Å². The SMILES string of the molecule is CCC(O)(CC)c1ccc(O[Si](C)(C)C(C)(C)C)c(OC)c1.COC(=O)c1ccc(O[Si](C)(C)C(C)(C)C)c(OC)c1.